The number of carbonyl (C=O) groups is 1. The zero-order chi connectivity index (χ0) is 18.1. The Balaban J connectivity index is 1.80. The molecule has 25 heavy (non-hydrogen) atoms. The zero-order valence-corrected chi connectivity index (χ0v) is 13.6. The Hall–Kier alpha value is -2.41. The minimum atomic E-state index is -1.30. The molecule has 1 aromatic rings. The lowest BCUT2D eigenvalue weighted by Gasteiger charge is -2.18. The second kappa shape index (κ2) is 6.84. The van der Waals surface area contributed by atoms with E-state index in [9.17, 15) is 19.8 Å². The Morgan fingerprint density at radius 2 is 2.24 bits per heavy atom. The van der Waals surface area contributed by atoms with Crippen LogP contribution in [0.3, 0.4) is 0 Å². The SMILES string of the molecule is C#Cc1cn([C@@H]2O[C@H](C)[C@@H](O)[C@H]2O)c(=O)nc1NC(=O)OCC1CC1. The van der Waals surface area contributed by atoms with Crippen molar-refractivity contribution in [2.24, 2.45) is 5.92 Å². The minimum absolute atomic E-state index is 0.106. The maximum atomic E-state index is 12.2. The van der Waals surface area contributed by atoms with Crippen LogP contribution in [0.25, 0.3) is 0 Å². The van der Waals surface area contributed by atoms with Gasteiger partial charge < -0.3 is 19.7 Å². The number of hydrogen-bond donors (Lipinski definition) is 3. The fraction of sp³-hybridized carbons (Fsp3) is 0.562. The molecule has 0 unspecified atom stereocenters. The summed E-state index contributed by atoms with van der Waals surface area (Å²) in [7, 11) is 0. The summed E-state index contributed by atoms with van der Waals surface area (Å²) in [4.78, 5) is 27.7. The molecule has 2 aliphatic rings. The van der Waals surface area contributed by atoms with Gasteiger partial charge in [0.25, 0.3) is 0 Å². The van der Waals surface area contributed by atoms with Gasteiger partial charge in [-0.3, -0.25) is 9.88 Å². The molecule has 1 saturated heterocycles. The number of nitrogens with one attached hydrogen (secondary N) is 1. The van der Waals surface area contributed by atoms with Crippen LogP contribution in [0.1, 0.15) is 31.6 Å². The van der Waals surface area contributed by atoms with Gasteiger partial charge in [0.15, 0.2) is 12.0 Å². The molecule has 0 radical (unpaired) electrons. The van der Waals surface area contributed by atoms with E-state index in [1.807, 2.05) is 0 Å². The number of rotatable bonds is 4. The van der Waals surface area contributed by atoms with E-state index >= 15 is 0 Å². The second-order valence-electron chi connectivity index (χ2n) is 6.22. The molecule has 4 atom stereocenters. The van der Waals surface area contributed by atoms with Crippen molar-refractivity contribution in [3.05, 3.63) is 22.2 Å². The number of terminal acetylenes is 1. The van der Waals surface area contributed by atoms with Crippen molar-refractivity contribution in [1.29, 1.82) is 0 Å². The fourth-order valence-electron chi connectivity index (χ4n) is 2.52. The van der Waals surface area contributed by atoms with E-state index < -0.39 is 36.3 Å². The standard InChI is InChI=1S/C16H19N3O6/c1-3-10-6-19(14-12(21)11(20)8(2)25-14)15(22)17-13(10)18-16(23)24-7-9-4-5-9/h1,6,8-9,11-12,14,20-21H,4-5,7H2,2H3,(H,17,18,22,23)/t8-,11-,12-,14-/m1/s1. The van der Waals surface area contributed by atoms with Crippen LogP contribution in [-0.2, 0) is 9.47 Å². The molecule has 1 saturated carbocycles. The maximum absolute atomic E-state index is 12.2. The molecule has 2 heterocycles. The van der Waals surface area contributed by atoms with Gasteiger partial charge in [0, 0.05) is 6.20 Å². The van der Waals surface area contributed by atoms with E-state index in [2.05, 4.69) is 16.2 Å². The van der Waals surface area contributed by atoms with Gasteiger partial charge in [-0.2, -0.15) is 4.98 Å². The first-order chi connectivity index (χ1) is 11.9. The lowest BCUT2D eigenvalue weighted by molar-refractivity contribution is -0.0350. The van der Waals surface area contributed by atoms with Crippen molar-refractivity contribution >= 4 is 11.9 Å². The molecule has 9 nitrogen and oxygen atoms in total. The third-order valence-electron chi connectivity index (χ3n) is 4.23. The van der Waals surface area contributed by atoms with Gasteiger partial charge in [-0.1, -0.05) is 5.92 Å². The van der Waals surface area contributed by atoms with Crippen molar-refractivity contribution in [1.82, 2.24) is 9.55 Å². The number of carbonyl (C=O) groups excluding carboxylic acids is 1. The molecule has 1 amide bonds. The summed E-state index contributed by atoms with van der Waals surface area (Å²) in [6.45, 7) is 1.88. The first kappa shape index (κ1) is 17.4. The van der Waals surface area contributed by atoms with Gasteiger partial charge >= 0.3 is 11.8 Å². The highest BCUT2D eigenvalue weighted by molar-refractivity contribution is 5.84. The summed E-state index contributed by atoms with van der Waals surface area (Å²) in [5.74, 6) is 2.60. The van der Waals surface area contributed by atoms with Crippen molar-refractivity contribution < 1.29 is 24.5 Å². The predicted octanol–water partition coefficient (Wildman–Crippen LogP) is -0.178. The van der Waals surface area contributed by atoms with E-state index in [0.29, 0.717) is 12.5 Å². The van der Waals surface area contributed by atoms with E-state index in [-0.39, 0.29) is 11.4 Å². The Bertz CT molecular complexity index is 766. The summed E-state index contributed by atoms with van der Waals surface area (Å²) < 4.78 is 11.4. The van der Waals surface area contributed by atoms with Gasteiger partial charge in [-0.25, -0.2) is 9.59 Å². The molecule has 0 aromatic carbocycles. The number of aliphatic hydroxyl groups excluding tert-OH is 2. The molecule has 9 heteroatoms. The zero-order valence-electron chi connectivity index (χ0n) is 13.6. The lowest BCUT2D eigenvalue weighted by atomic mass is 10.1. The van der Waals surface area contributed by atoms with Crippen LogP contribution in [0.2, 0.25) is 0 Å². The van der Waals surface area contributed by atoms with Crippen LogP contribution in [0.15, 0.2) is 11.0 Å². The maximum Gasteiger partial charge on any atom is 0.412 e. The number of aromatic nitrogens is 2. The Morgan fingerprint density at radius 1 is 1.52 bits per heavy atom. The number of aliphatic hydroxyl groups is 2. The largest absolute Gasteiger partial charge is 0.449 e. The monoisotopic (exact) mass is 349 g/mol. The molecule has 3 N–H and O–H groups in total. The molecule has 3 rings (SSSR count). The van der Waals surface area contributed by atoms with Crippen molar-refractivity contribution in [2.45, 2.75) is 44.3 Å². The number of nitrogens with zero attached hydrogens (tertiary/aromatic N) is 2. The van der Waals surface area contributed by atoms with Gasteiger partial charge in [0.2, 0.25) is 0 Å². The average molecular weight is 349 g/mol. The smallest absolute Gasteiger partial charge is 0.412 e. The number of ether oxygens (including phenoxy) is 2. The molecular formula is C16H19N3O6. The quantitative estimate of drug-likeness (QED) is 0.645. The minimum Gasteiger partial charge on any atom is -0.449 e. The highest BCUT2D eigenvalue weighted by Crippen LogP contribution is 2.29. The van der Waals surface area contributed by atoms with E-state index in [4.69, 9.17) is 15.9 Å². The van der Waals surface area contributed by atoms with Gasteiger partial charge in [0.1, 0.15) is 12.2 Å². The average Bonchev–Trinajstić information content (AvgIpc) is 3.37. The molecular weight excluding hydrogens is 330 g/mol. The lowest BCUT2D eigenvalue weighted by Crippen LogP contribution is -2.36. The Morgan fingerprint density at radius 3 is 2.80 bits per heavy atom. The highest BCUT2D eigenvalue weighted by Gasteiger charge is 2.42. The van der Waals surface area contributed by atoms with Crippen molar-refractivity contribution in [2.75, 3.05) is 11.9 Å². The third kappa shape index (κ3) is 3.66. The number of amides is 1. The normalized spacial score (nSPS) is 28.4. The van der Waals surface area contributed by atoms with Crippen LogP contribution in [0, 0.1) is 18.3 Å². The van der Waals surface area contributed by atoms with E-state index in [0.717, 1.165) is 17.4 Å². The molecule has 134 valence electrons. The van der Waals surface area contributed by atoms with Crippen molar-refractivity contribution in [3.63, 3.8) is 0 Å². The summed E-state index contributed by atoms with van der Waals surface area (Å²) in [6, 6.07) is 0. The van der Waals surface area contributed by atoms with Crippen LogP contribution >= 0.6 is 0 Å². The van der Waals surface area contributed by atoms with Crippen LogP contribution in [0.4, 0.5) is 10.6 Å². The number of hydrogen-bond acceptors (Lipinski definition) is 7. The molecule has 0 spiro atoms. The molecule has 1 aliphatic carbocycles. The first-order valence-corrected chi connectivity index (χ1v) is 7.96. The van der Waals surface area contributed by atoms with E-state index in [1.165, 1.54) is 6.20 Å². The van der Waals surface area contributed by atoms with Gasteiger partial charge in [-0.05, 0) is 25.7 Å². The summed E-state index contributed by atoms with van der Waals surface area (Å²) in [6.07, 6.45) is 3.77. The van der Waals surface area contributed by atoms with Crippen LogP contribution in [0.5, 0.6) is 0 Å². The predicted molar refractivity (Wildman–Crippen MR) is 85.7 cm³/mol. The fourth-order valence-corrected chi connectivity index (χ4v) is 2.52. The summed E-state index contributed by atoms with van der Waals surface area (Å²) in [5.41, 5.74) is -0.672. The first-order valence-electron chi connectivity index (χ1n) is 7.96. The molecule has 0 bridgehead atoms. The van der Waals surface area contributed by atoms with Gasteiger partial charge in [-0.15, -0.1) is 6.42 Å². The Labute approximate surface area is 143 Å². The molecule has 1 aromatic heterocycles. The summed E-state index contributed by atoms with van der Waals surface area (Å²) in [5, 5.41) is 22.1. The van der Waals surface area contributed by atoms with Crippen molar-refractivity contribution in [3.8, 4) is 12.3 Å². The topological polar surface area (TPSA) is 123 Å². The molecule has 2 fully saturated rings. The second-order valence-corrected chi connectivity index (χ2v) is 6.22. The third-order valence-corrected chi connectivity index (χ3v) is 4.23. The van der Waals surface area contributed by atoms with E-state index in [1.54, 1.807) is 6.92 Å². The highest BCUT2D eigenvalue weighted by atomic mass is 16.6. The summed E-state index contributed by atoms with van der Waals surface area (Å²) >= 11 is 0. The molecule has 1 aliphatic heterocycles. The Kier molecular flexibility index (Phi) is 4.76. The van der Waals surface area contributed by atoms with Gasteiger partial charge in [0.05, 0.1) is 18.3 Å². The number of anilines is 1. The van der Waals surface area contributed by atoms with Crippen LogP contribution in [-0.4, -0.2) is 50.8 Å². The van der Waals surface area contributed by atoms with Crippen LogP contribution < -0.4 is 11.0 Å².